The fourth-order valence-corrected chi connectivity index (χ4v) is 5.58. The van der Waals surface area contributed by atoms with Gasteiger partial charge in [-0.2, -0.15) is 0 Å². The molecule has 1 aromatic heterocycles. The smallest absolute Gasteiger partial charge is 0.341 e. The second-order valence-corrected chi connectivity index (χ2v) is 10.4. The van der Waals surface area contributed by atoms with Crippen LogP contribution in [0.1, 0.15) is 46.3 Å². The molecule has 0 atom stereocenters. The SMILES string of the molecule is COC(=O)c1c(NC(=O)c2ccc(N3C(=O)c4ccccc4C3=O)cc2)sc(C)c1-c1ccc(Br)cc1. The molecule has 0 aliphatic carbocycles. The number of nitrogens with one attached hydrogen (secondary N) is 1. The average molecular weight is 575 g/mol. The van der Waals surface area contributed by atoms with Gasteiger partial charge in [0.25, 0.3) is 17.7 Å². The van der Waals surface area contributed by atoms with E-state index in [0.717, 1.165) is 19.8 Å². The highest BCUT2D eigenvalue weighted by atomic mass is 79.9. The number of carbonyl (C=O) groups is 4. The van der Waals surface area contributed by atoms with Crippen molar-refractivity contribution in [3.63, 3.8) is 0 Å². The minimum absolute atomic E-state index is 0.281. The molecule has 0 unspecified atom stereocenters. The van der Waals surface area contributed by atoms with E-state index in [0.29, 0.717) is 32.9 Å². The van der Waals surface area contributed by atoms with E-state index < -0.39 is 23.7 Å². The Bertz CT molecular complexity index is 1540. The highest BCUT2D eigenvalue weighted by Crippen LogP contribution is 2.41. The number of carbonyl (C=O) groups excluding carboxylic acids is 4. The standard InChI is InChI=1S/C28H19BrN2O5S/c1-15-22(16-7-11-18(29)12-8-16)23(28(35)36-2)25(37-15)30-24(32)17-9-13-19(14-10-17)31-26(33)20-5-3-4-6-21(20)27(31)34/h3-14H,1-2H3,(H,30,32). The largest absolute Gasteiger partial charge is 0.465 e. The Morgan fingerprint density at radius 3 is 2.05 bits per heavy atom. The van der Waals surface area contributed by atoms with Crippen LogP contribution in [0.25, 0.3) is 11.1 Å². The van der Waals surface area contributed by atoms with Crippen LogP contribution in [0, 0.1) is 6.92 Å². The minimum Gasteiger partial charge on any atom is -0.465 e. The molecule has 1 aliphatic heterocycles. The average Bonchev–Trinajstić information content (AvgIpc) is 3.36. The first-order valence-corrected chi connectivity index (χ1v) is 12.8. The van der Waals surface area contributed by atoms with E-state index in [9.17, 15) is 19.2 Å². The van der Waals surface area contributed by atoms with Gasteiger partial charge in [-0.15, -0.1) is 11.3 Å². The summed E-state index contributed by atoms with van der Waals surface area (Å²) in [7, 11) is 1.30. The first kappa shape index (κ1) is 24.6. The van der Waals surface area contributed by atoms with Gasteiger partial charge in [-0.1, -0.05) is 40.2 Å². The van der Waals surface area contributed by atoms with Crippen molar-refractivity contribution in [2.75, 3.05) is 17.3 Å². The lowest BCUT2D eigenvalue weighted by Gasteiger charge is -2.14. The zero-order chi connectivity index (χ0) is 26.3. The van der Waals surface area contributed by atoms with Crippen LogP contribution in [0.5, 0.6) is 0 Å². The number of fused-ring (bicyclic) bond motifs is 1. The van der Waals surface area contributed by atoms with Crippen molar-refractivity contribution in [3.8, 4) is 11.1 Å². The van der Waals surface area contributed by atoms with Gasteiger partial charge in [0.15, 0.2) is 0 Å². The Kier molecular flexibility index (Phi) is 6.49. The molecule has 2 heterocycles. The van der Waals surface area contributed by atoms with E-state index in [1.807, 2.05) is 31.2 Å². The molecule has 0 fully saturated rings. The summed E-state index contributed by atoms with van der Waals surface area (Å²) < 4.78 is 5.93. The van der Waals surface area contributed by atoms with Crippen LogP contribution >= 0.6 is 27.3 Å². The van der Waals surface area contributed by atoms with Gasteiger partial charge >= 0.3 is 5.97 Å². The summed E-state index contributed by atoms with van der Waals surface area (Å²) in [5.41, 5.74) is 3.15. The number of nitrogens with zero attached hydrogens (tertiary/aromatic N) is 1. The molecule has 1 aliphatic rings. The van der Waals surface area contributed by atoms with E-state index in [4.69, 9.17) is 4.74 Å². The lowest BCUT2D eigenvalue weighted by Crippen LogP contribution is -2.29. The number of imide groups is 1. The molecule has 0 radical (unpaired) electrons. The summed E-state index contributed by atoms with van der Waals surface area (Å²) in [6, 6.07) is 20.3. The quantitative estimate of drug-likeness (QED) is 0.222. The Balaban J connectivity index is 1.42. The number of esters is 1. The molecule has 0 saturated heterocycles. The van der Waals surface area contributed by atoms with Gasteiger partial charge < -0.3 is 10.1 Å². The molecular formula is C28H19BrN2O5S. The molecule has 0 saturated carbocycles. The number of thiophene rings is 1. The van der Waals surface area contributed by atoms with Gasteiger partial charge in [0.1, 0.15) is 10.6 Å². The highest BCUT2D eigenvalue weighted by Gasteiger charge is 2.36. The second kappa shape index (κ2) is 9.76. The van der Waals surface area contributed by atoms with Crippen molar-refractivity contribution in [2.45, 2.75) is 6.92 Å². The number of halogens is 1. The summed E-state index contributed by atoms with van der Waals surface area (Å²) in [5.74, 6) is -1.81. The van der Waals surface area contributed by atoms with E-state index in [1.54, 1.807) is 36.4 Å². The van der Waals surface area contributed by atoms with Crippen LogP contribution < -0.4 is 10.2 Å². The molecular weight excluding hydrogens is 556 g/mol. The minimum atomic E-state index is -0.557. The summed E-state index contributed by atoms with van der Waals surface area (Å²) in [6.45, 7) is 1.88. The van der Waals surface area contributed by atoms with E-state index >= 15 is 0 Å². The van der Waals surface area contributed by atoms with E-state index in [-0.39, 0.29) is 5.56 Å². The number of rotatable bonds is 5. The summed E-state index contributed by atoms with van der Waals surface area (Å²) in [5, 5.41) is 3.20. The lowest BCUT2D eigenvalue weighted by molar-refractivity contribution is 0.0603. The maximum Gasteiger partial charge on any atom is 0.341 e. The molecule has 1 N–H and O–H groups in total. The van der Waals surface area contributed by atoms with Gasteiger partial charge in [-0.05, 0) is 61.0 Å². The number of hydrogen-bond donors (Lipinski definition) is 1. The Labute approximate surface area is 224 Å². The first-order chi connectivity index (χ1) is 17.8. The number of benzene rings is 3. The number of anilines is 2. The maximum absolute atomic E-state index is 13.1. The summed E-state index contributed by atoms with van der Waals surface area (Å²) in [6.07, 6.45) is 0. The topological polar surface area (TPSA) is 92.8 Å². The second-order valence-electron chi connectivity index (χ2n) is 8.23. The van der Waals surface area contributed by atoms with Crippen molar-refractivity contribution in [2.24, 2.45) is 0 Å². The molecule has 3 aromatic carbocycles. The van der Waals surface area contributed by atoms with Crippen molar-refractivity contribution in [1.29, 1.82) is 0 Å². The molecule has 37 heavy (non-hydrogen) atoms. The van der Waals surface area contributed by atoms with Crippen molar-refractivity contribution in [3.05, 3.63) is 104 Å². The van der Waals surface area contributed by atoms with Gasteiger partial charge in [-0.3, -0.25) is 14.4 Å². The number of amides is 3. The molecule has 0 bridgehead atoms. The molecule has 5 rings (SSSR count). The predicted octanol–water partition coefficient (Wildman–Crippen LogP) is 6.33. The molecule has 9 heteroatoms. The summed E-state index contributed by atoms with van der Waals surface area (Å²) in [4.78, 5) is 53.3. The first-order valence-electron chi connectivity index (χ1n) is 11.2. The van der Waals surface area contributed by atoms with E-state index in [1.165, 1.54) is 30.6 Å². The fourth-order valence-electron chi connectivity index (χ4n) is 4.25. The molecule has 0 spiro atoms. The molecule has 4 aromatic rings. The third-order valence-electron chi connectivity index (χ3n) is 6.02. The van der Waals surface area contributed by atoms with Crippen molar-refractivity contribution >= 4 is 61.6 Å². The molecule has 184 valence electrons. The highest BCUT2D eigenvalue weighted by molar-refractivity contribution is 9.10. The Morgan fingerprint density at radius 1 is 0.892 bits per heavy atom. The van der Waals surface area contributed by atoms with Gasteiger partial charge in [0, 0.05) is 20.5 Å². The van der Waals surface area contributed by atoms with Crippen molar-refractivity contribution < 1.29 is 23.9 Å². The lowest BCUT2D eigenvalue weighted by atomic mass is 10.0. The Morgan fingerprint density at radius 2 is 1.49 bits per heavy atom. The van der Waals surface area contributed by atoms with E-state index in [2.05, 4.69) is 21.2 Å². The number of methoxy groups -OCH3 is 1. The molecule has 3 amide bonds. The number of aryl methyl sites for hydroxylation is 1. The van der Waals surface area contributed by atoms with Crippen LogP contribution in [0.3, 0.4) is 0 Å². The maximum atomic E-state index is 13.1. The van der Waals surface area contributed by atoms with Crippen LogP contribution in [0.4, 0.5) is 10.7 Å². The van der Waals surface area contributed by atoms with Crippen LogP contribution in [0.2, 0.25) is 0 Å². The summed E-state index contributed by atoms with van der Waals surface area (Å²) >= 11 is 4.70. The molecule has 7 nitrogen and oxygen atoms in total. The van der Waals surface area contributed by atoms with Crippen LogP contribution in [-0.4, -0.2) is 30.8 Å². The zero-order valence-electron chi connectivity index (χ0n) is 19.7. The van der Waals surface area contributed by atoms with Gasteiger partial charge in [-0.25, -0.2) is 9.69 Å². The number of hydrogen-bond acceptors (Lipinski definition) is 6. The monoisotopic (exact) mass is 574 g/mol. The van der Waals surface area contributed by atoms with Crippen LogP contribution in [-0.2, 0) is 4.74 Å². The van der Waals surface area contributed by atoms with Gasteiger partial charge in [0.05, 0.1) is 23.9 Å². The normalized spacial score (nSPS) is 12.5. The zero-order valence-corrected chi connectivity index (χ0v) is 22.1. The third-order valence-corrected chi connectivity index (χ3v) is 7.56. The van der Waals surface area contributed by atoms with Crippen LogP contribution in [0.15, 0.2) is 77.3 Å². The number of ether oxygens (including phenoxy) is 1. The Hall–Kier alpha value is -4.08. The predicted molar refractivity (Wildman–Crippen MR) is 146 cm³/mol. The third kappa shape index (κ3) is 4.36. The van der Waals surface area contributed by atoms with Crippen molar-refractivity contribution in [1.82, 2.24) is 0 Å². The van der Waals surface area contributed by atoms with Gasteiger partial charge in [0.2, 0.25) is 0 Å². The fraction of sp³-hybridized carbons (Fsp3) is 0.0714.